The first kappa shape index (κ1) is 15.9. The number of anilines is 1. The quantitative estimate of drug-likeness (QED) is 0.885. The first-order chi connectivity index (χ1) is 9.45. The molecule has 0 saturated carbocycles. The summed E-state index contributed by atoms with van der Waals surface area (Å²) in [7, 11) is -3.68. The number of nitrogens with zero attached hydrogens (tertiary/aromatic N) is 1. The van der Waals surface area contributed by atoms with E-state index >= 15 is 0 Å². The van der Waals surface area contributed by atoms with E-state index in [-0.39, 0.29) is 16.8 Å². The molecular weight excluding hydrogens is 321 g/mol. The molecule has 1 atom stereocenters. The van der Waals surface area contributed by atoms with Crippen molar-refractivity contribution in [1.82, 2.24) is 4.31 Å². The maximum Gasteiger partial charge on any atom is 0.301 e. The van der Waals surface area contributed by atoms with Gasteiger partial charge in [0.1, 0.15) is 0 Å². The summed E-state index contributed by atoms with van der Waals surface area (Å²) in [5, 5.41) is 0.500. The van der Waals surface area contributed by atoms with Gasteiger partial charge in [-0.15, -0.1) is 0 Å². The Bertz CT molecular complexity index is 580. The highest BCUT2D eigenvalue weighted by atomic mass is 35.5. The molecule has 0 aliphatic carbocycles. The number of rotatable bonds is 4. The third kappa shape index (κ3) is 3.38. The molecule has 0 amide bonds. The molecule has 5 nitrogen and oxygen atoms in total. The van der Waals surface area contributed by atoms with E-state index in [4.69, 9.17) is 28.9 Å². The predicted molar refractivity (Wildman–Crippen MR) is 82.4 cm³/mol. The van der Waals surface area contributed by atoms with Crippen LogP contribution in [0.2, 0.25) is 10.0 Å². The van der Waals surface area contributed by atoms with Crippen LogP contribution >= 0.6 is 23.2 Å². The summed E-state index contributed by atoms with van der Waals surface area (Å²) < 4.78 is 28.8. The Morgan fingerprint density at radius 1 is 1.35 bits per heavy atom. The van der Waals surface area contributed by atoms with Gasteiger partial charge in [0.05, 0.1) is 15.7 Å². The second-order valence-corrected chi connectivity index (χ2v) is 7.11. The molecule has 1 aliphatic heterocycles. The van der Waals surface area contributed by atoms with Crippen molar-refractivity contribution in [3.05, 3.63) is 28.2 Å². The SMILES string of the molecule is NCC1CCCCN1S(=O)(=O)Nc1cccc(Cl)c1Cl. The van der Waals surface area contributed by atoms with Gasteiger partial charge in [-0.2, -0.15) is 12.7 Å². The van der Waals surface area contributed by atoms with E-state index in [0.29, 0.717) is 18.1 Å². The number of benzene rings is 1. The highest BCUT2D eigenvalue weighted by Crippen LogP contribution is 2.31. The largest absolute Gasteiger partial charge is 0.329 e. The van der Waals surface area contributed by atoms with Gasteiger partial charge in [-0.3, -0.25) is 4.72 Å². The first-order valence-corrected chi connectivity index (χ1v) is 8.59. The lowest BCUT2D eigenvalue weighted by Crippen LogP contribution is -2.49. The third-order valence-corrected chi connectivity index (χ3v) is 5.74. The molecule has 1 fully saturated rings. The van der Waals surface area contributed by atoms with Crippen molar-refractivity contribution < 1.29 is 8.42 Å². The molecule has 0 aromatic heterocycles. The molecule has 1 heterocycles. The monoisotopic (exact) mass is 337 g/mol. The molecule has 8 heteroatoms. The van der Waals surface area contributed by atoms with E-state index in [1.54, 1.807) is 18.2 Å². The van der Waals surface area contributed by atoms with Crippen molar-refractivity contribution in [1.29, 1.82) is 0 Å². The zero-order chi connectivity index (χ0) is 14.8. The normalized spacial score (nSPS) is 20.9. The minimum atomic E-state index is -3.68. The molecule has 1 unspecified atom stereocenters. The summed E-state index contributed by atoms with van der Waals surface area (Å²) in [6.07, 6.45) is 2.60. The Morgan fingerprint density at radius 3 is 2.80 bits per heavy atom. The number of halogens is 2. The predicted octanol–water partition coefficient (Wildman–Crippen LogP) is 2.46. The van der Waals surface area contributed by atoms with Crippen LogP contribution < -0.4 is 10.5 Å². The number of hydrogen-bond donors (Lipinski definition) is 2. The summed E-state index contributed by atoms with van der Waals surface area (Å²) in [4.78, 5) is 0. The van der Waals surface area contributed by atoms with Crippen LogP contribution in [-0.2, 0) is 10.2 Å². The highest BCUT2D eigenvalue weighted by Gasteiger charge is 2.31. The summed E-state index contributed by atoms with van der Waals surface area (Å²) in [6.45, 7) is 0.777. The van der Waals surface area contributed by atoms with Crippen molar-refractivity contribution in [3.8, 4) is 0 Å². The van der Waals surface area contributed by atoms with E-state index in [1.807, 2.05) is 0 Å². The average Bonchev–Trinajstić information content (AvgIpc) is 2.43. The van der Waals surface area contributed by atoms with Gasteiger partial charge in [0.2, 0.25) is 0 Å². The molecule has 1 saturated heterocycles. The third-order valence-electron chi connectivity index (χ3n) is 3.34. The topological polar surface area (TPSA) is 75.4 Å². The standard InChI is InChI=1S/C12H17Cl2N3O2S/c13-10-5-3-6-11(12(10)14)16-20(18,19)17-7-2-1-4-9(17)8-15/h3,5-6,9,16H,1-2,4,7-8,15H2. The van der Waals surface area contributed by atoms with Crippen LogP contribution in [-0.4, -0.2) is 31.9 Å². The van der Waals surface area contributed by atoms with Crippen molar-refractivity contribution >= 4 is 39.1 Å². The molecule has 1 aromatic rings. The minimum Gasteiger partial charge on any atom is -0.329 e. The Hall–Kier alpha value is -0.530. The molecule has 112 valence electrons. The molecule has 2 rings (SSSR count). The lowest BCUT2D eigenvalue weighted by Gasteiger charge is -2.33. The van der Waals surface area contributed by atoms with Gasteiger partial charge in [-0.25, -0.2) is 0 Å². The average molecular weight is 338 g/mol. The summed E-state index contributed by atoms with van der Waals surface area (Å²) in [5.74, 6) is 0. The van der Waals surface area contributed by atoms with Crippen LogP contribution in [0.5, 0.6) is 0 Å². The zero-order valence-electron chi connectivity index (χ0n) is 10.9. The van der Waals surface area contributed by atoms with Crippen molar-refractivity contribution in [2.45, 2.75) is 25.3 Å². The second kappa shape index (κ2) is 6.49. The minimum absolute atomic E-state index is 0.167. The fourth-order valence-electron chi connectivity index (χ4n) is 2.31. The molecule has 1 aliphatic rings. The van der Waals surface area contributed by atoms with Crippen LogP contribution in [0, 0.1) is 0 Å². The second-order valence-electron chi connectivity index (χ2n) is 4.70. The van der Waals surface area contributed by atoms with Crippen LogP contribution in [0.25, 0.3) is 0 Å². The smallest absolute Gasteiger partial charge is 0.301 e. The summed E-state index contributed by atoms with van der Waals surface area (Å²) in [5.41, 5.74) is 5.93. The van der Waals surface area contributed by atoms with Gasteiger partial charge in [0, 0.05) is 19.1 Å². The number of nitrogens with two attached hydrogens (primary N) is 1. The number of hydrogen-bond acceptors (Lipinski definition) is 3. The highest BCUT2D eigenvalue weighted by molar-refractivity contribution is 7.90. The maximum atomic E-state index is 12.4. The Labute approximate surface area is 129 Å². The Kier molecular flexibility index (Phi) is 5.14. The van der Waals surface area contributed by atoms with Gasteiger partial charge < -0.3 is 5.73 Å². The molecule has 0 radical (unpaired) electrons. The molecule has 0 spiro atoms. The molecule has 1 aromatic carbocycles. The van der Waals surface area contributed by atoms with Gasteiger partial charge in [0.15, 0.2) is 0 Å². The number of piperidine rings is 1. The maximum absolute atomic E-state index is 12.4. The van der Waals surface area contributed by atoms with Crippen LogP contribution in [0.3, 0.4) is 0 Å². The van der Waals surface area contributed by atoms with Crippen LogP contribution in [0.4, 0.5) is 5.69 Å². The molecule has 3 N–H and O–H groups in total. The Balaban J connectivity index is 2.24. The molecule has 0 bridgehead atoms. The van der Waals surface area contributed by atoms with E-state index < -0.39 is 10.2 Å². The fourth-order valence-corrected chi connectivity index (χ4v) is 4.23. The van der Waals surface area contributed by atoms with Gasteiger partial charge in [-0.05, 0) is 25.0 Å². The van der Waals surface area contributed by atoms with E-state index in [9.17, 15) is 8.42 Å². The molecule has 20 heavy (non-hydrogen) atoms. The van der Waals surface area contributed by atoms with E-state index in [1.165, 1.54) is 4.31 Å². The zero-order valence-corrected chi connectivity index (χ0v) is 13.2. The lowest BCUT2D eigenvalue weighted by molar-refractivity contribution is 0.259. The van der Waals surface area contributed by atoms with Crippen molar-refractivity contribution in [3.63, 3.8) is 0 Å². The van der Waals surface area contributed by atoms with Crippen molar-refractivity contribution in [2.75, 3.05) is 17.8 Å². The van der Waals surface area contributed by atoms with Gasteiger partial charge in [0.25, 0.3) is 0 Å². The lowest BCUT2D eigenvalue weighted by atomic mass is 10.1. The van der Waals surface area contributed by atoms with Crippen molar-refractivity contribution in [2.24, 2.45) is 5.73 Å². The van der Waals surface area contributed by atoms with E-state index in [2.05, 4.69) is 4.72 Å². The number of nitrogens with one attached hydrogen (secondary N) is 1. The van der Waals surface area contributed by atoms with Gasteiger partial charge in [-0.1, -0.05) is 35.7 Å². The fraction of sp³-hybridized carbons (Fsp3) is 0.500. The van der Waals surface area contributed by atoms with E-state index in [0.717, 1.165) is 19.3 Å². The van der Waals surface area contributed by atoms with Crippen LogP contribution in [0.15, 0.2) is 18.2 Å². The first-order valence-electron chi connectivity index (χ1n) is 6.39. The summed E-state index contributed by atoms with van der Waals surface area (Å²) >= 11 is 11.9. The van der Waals surface area contributed by atoms with Crippen LogP contribution in [0.1, 0.15) is 19.3 Å². The molecular formula is C12H17Cl2N3O2S. The summed E-state index contributed by atoms with van der Waals surface area (Å²) in [6, 6.07) is 4.65. The van der Waals surface area contributed by atoms with Gasteiger partial charge >= 0.3 is 10.2 Å². The Morgan fingerprint density at radius 2 is 2.10 bits per heavy atom.